The van der Waals surface area contributed by atoms with E-state index < -0.39 is 0 Å². The lowest BCUT2D eigenvalue weighted by molar-refractivity contribution is 0.426. The van der Waals surface area contributed by atoms with Crippen LogP contribution in [0.1, 0.15) is 37.4 Å². The summed E-state index contributed by atoms with van der Waals surface area (Å²) in [5.74, 6) is 0.927. The molecule has 0 radical (unpaired) electrons. The third-order valence-corrected chi connectivity index (χ3v) is 3.65. The molecule has 1 aromatic heterocycles. The molecule has 0 aliphatic heterocycles. The lowest BCUT2D eigenvalue weighted by atomic mass is 10.0. The average Bonchev–Trinajstić information content (AvgIpc) is 2.73. The van der Waals surface area contributed by atoms with Crippen molar-refractivity contribution >= 4 is 15.9 Å². The number of rotatable bonds is 5. The van der Waals surface area contributed by atoms with Crippen molar-refractivity contribution in [3.63, 3.8) is 0 Å². The van der Waals surface area contributed by atoms with Crippen molar-refractivity contribution in [1.82, 2.24) is 5.16 Å². The number of hydrogen-bond acceptors (Lipinski definition) is 2. The summed E-state index contributed by atoms with van der Waals surface area (Å²) in [5.41, 5.74) is 3.38. The first-order valence-corrected chi connectivity index (χ1v) is 7.22. The van der Waals surface area contributed by atoms with E-state index in [-0.39, 0.29) is 0 Å². The number of unbranched alkanes of at least 4 members (excludes halogenated alkanes) is 2. The fraction of sp³-hybridized carbons (Fsp3) is 0.400. The van der Waals surface area contributed by atoms with Crippen LogP contribution in [0.5, 0.6) is 0 Å². The van der Waals surface area contributed by atoms with E-state index >= 15 is 0 Å². The maximum atomic E-state index is 5.49. The summed E-state index contributed by atoms with van der Waals surface area (Å²) in [7, 11) is 0. The van der Waals surface area contributed by atoms with Crippen LogP contribution in [0.4, 0.5) is 0 Å². The fourth-order valence-corrected chi connectivity index (χ4v) is 2.33. The Labute approximate surface area is 117 Å². The Kier molecular flexibility index (Phi) is 4.59. The van der Waals surface area contributed by atoms with Crippen molar-refractivity contribution in [3.05, 3.63) is 40.0 Å². The minimum Gasteiger partial charge on any atom is -0.356 e. The van der Waals surface area contributed by atoms with Gasteiger partial charge >= 0.3 is 0 Å². The maximum Gasteiger partial charge on any atom is 0.170 e. The predicted octanol–water partition coefficient (Wildman–Crippen LogP) is 5.15. The smallest absolute Gasteiger partial charge is 0.170 e. The Balaban J connectivity index is 2.24. The van der Waals surface area contributed by atoms with E-state index in [0.29, 0.717) is 0 Å². The molecule has 3 heteroatoms. The Hall–Kier alpha value is -1.09. The zero-order valence-electron chi connectivity index (χ0n) is 10.9. The number of aromatic nitrogens is 1. The highest BCUT2D eigenvalue weighted by Crippen LogP contribution is 2.28. The van der Waals surface area contributed by atoms with Crippen LogP contribution in [0, 0.1) is 6.92 Å². The van der Waals surface area contributed by atoms with Gasteiger partial charge in [-0.3, -0.25) is 0 Å². The molecule has 96 valence electrons. The molecular formula is C15H18BrNO. The van der Waals surface area contributed by atoms with Gasteiger partial charge in [-0.15, -0.1) is 0 Å². The highest BCUT2D eigenvalue weighted by molar-refractivity contribution is 9.10. The summed E-state index contributed by atoms with van der Waals surface area (Å²) in [5, 5.41) is 4.11. The molecule has 18 heavy (non-hydrogen) atoms. The molecule has 0 atom stereocenters. The molecule has 0 saturated heterocycles. The van der Waals surface area contributed by atoms with E-state index in [1.165, 1.54) is 24.8 Å². The van der Waals surface area contributed by atoms with Crippen LogP contribution < -0.4 is 0 Å². The molecule has 2 nitrogen and oxygen atoms in total. The van der Waals surface area contributed by atoms with Gasteiger partial charge in [0.1, 0.15) is 0 Å². The van der Waals surface area contributed by atoms with Gasteiger partial charge in [-0.1, -0.05) is 53.0 Å². The highest BCUT2D eigenvalue weighted by Gasteiger charge is 2.14. The van der Waals surface area contributed by atoms with Gasteiger partial charge in [0, 0.05) is 15.6 Å². The van der Waals surface area contributed by atoms with E-state index in [4.69, 9.17) is 4.52 Å². The molecule has 2 rings (SSSR count). The van der Waals surface area contributed by atoms with Crippen LogP contribution >= 0.6 is 15.9 Å². The van der Waals surface area contributed by atoms with Crippen LogP contribution in [0.3, 0.4) is 0 Å². The van der Waals surface area contributed by atoms with Gasteiger partial charge < -0.3 is 4.52 Å². The van der Waals surface area contributed by atoms with Gasteiger partial charge in [-0.25, -0.2) is 0 Å². The molecule has 0 saturated carbocycles. The largest absolute Gasteiger partial charge is 0.356 e. The monoisotopic (exact) mass is 307 g/mol. The quantitative estimate of drug-likeness (QED) is 0.714. The van der Waals surface area contributed by atoms with Crippen LogP contribution in [-0.2, 0) is 6.42 Å². The minimum atomic E-state index is 0.927. The number of nitrogens with zero attached hydrogens (tertiary/aromatic N) is 1. The Morgan fingerprint density at radius 1 is 1.17 bits per heavy atom. The van der Waals surface area contributed by atoms with Crippen molar-refractivity contribution in [1.29, 1.82) is 0 Å². The van der Waals surface area contributed by atoms with Crippen LogP contribution in [-0.4, -0.2) is 5.16 Å². The topological polar surface area (TPSA) is 26.0 Å². The predicted molar refractivity (Wildman–Crippen MR) is 77.6 cm³/mol. The second kappa shape index (κ2) is 6.19. The van der Waals surface area contributed by atoms with Crippen LogP contribution in [0.25, 0.3) is 11.3 Å². The summed E-state index contributed by atoms with van der Waals surface area (Å²) < 4.78 is 6.57. The molecule has 0 unspecified atom stereocenters. The van der Waals surface area contributed by atoms with E-state index in [1.54, 1.807) is 0 Å². The Morgan fingerprint density at radius 3 is 2.56 bits per heavy atom. The number of benzene rings is 1. The van der Waals surface area contributed by atoms with Crippen LogP contribution in [0.2, 0.25) is 0 Å². The third kappa shape index (κ3) is 3.02. The lowest BCUT2D eigenvalue weighted by Crippen LogP contribution is -1.89. The van der Waals surface area contributed by atoms with E-state index in [9.17, 15) is 0 Å². The first-order valence-electron chi connectivity index (χ1n) is 6.43. The summed E-state index contributed by atoms with van der Waals surface area (Å²) in [4.78, 5) is 0. The Morgan fingerprint density at radius 2 is 1.89 bits per heavy atom. The molecule has 0 aliphatic carbocycles. The van der Waals surface area contributed by atoms with Crippen molar-refractivity contribution in [2.75, 3.05) is 0 Å². The molecule has 1 aromatic carbocycles. The molecule has 0 amide bonds. The SMILES string of the molecule is CCCCCc1c(C)noc1-c1ccc(Br)cc1. The van der Waals surface area contributed by atoms with Gasteiger partial charge in [0.25, 0.3) is 0 Å². The van der Waals surface area contributed by atoms with Crippen molar-refractivity contribution in [3.8, 4) is 11.3 Å². The molecule has 0 spiro atoms. The highest BCUT2D eigenvalue weighted by atomic mass is 79.9. The van der Waals surface area contributed by atoms with Gasteiger partial charge in [-0.2, -0.15) is 0 Å². The minimum absolute atomic E-state index is 0.927. The molecular weight excluding hydrogens is 290 g/mol. The molecule has 2 aromatic rings. The summed E-state index contributed by atoms with van der Waals surface area (Å²) in [6.07, 6.45) is 4.74. The summed E-state index contributed by atoms with van der Waals surface area (Å²) in [6.45, 7) is 4.24. The van der Waals surface area contributed by atoms with Crippen molar-refractivity contribution in [2.24, 2.45) is 0 Å². The first-order chi connectivity index (χ1) is 8.72. The van der Waals surface area contributed by atoms with E-state index in [2.05, 4.69) is 40.1 Å². The molecule has 0 bridgehead atoms. The Bertz CT molecular complexity index is 502. The molecule has 1 heterocycles. The van der Waals surface area contributed by atoms with E-state index in [0.717, 1.165) is 27.9 Å². The third-order valence-electron chi connectivity index (χ3n) is 3.12. The number of halogens is 1. The van der Waals surface area contributed by atoms with Gasteiger partial charge in [-0.05, 0) is 31.9 Å². The number of aryl methyl sites for hydroxylation is 1. The van der Waals surface area contributed by atoms with Gasteiger partial charge in [0.2, 0.25) is 0 Å². The van der Waals surface area contributed by atoms with Gasteiger partial charge in [0.15, 0.2) is 5.76 Å². The van der Waals surface area contributed by atoms with Crippen LogP contribution in [0.15, 0.2) is 33.3 Å². The van der Waals surface area contributed by atoms with Crippen molar-refractivity contribution in [2.45, 2.75) is 39.5 Å². The van der Waals surface area contributed by atoms with Crippen molar-refractivity contribution < 1.29 is 4.52 Å². The number of hydrogen-bond donors (Lipinski definition) is 0. The summed E-state index contributed by atoms with van der Waals surface area (Å²) >= 11 is 3.45. The maximum absolute atomic E-state index is 5.49. The van der Waals surface area contributed by atoms with E-state index in [1.807, 2.05) is 19.1 Å². The first kappa shape index (κ1) is 13.3. The lowest BCUT2D eigenvalue weighted by Gasteiger charge is -2.02. The fourth-order valence-electron chi connectivity index (χ4n) is 2.06. The molecule has 0 N–H and O–H groups in total. The summed E-state index contributed by atoms with van der Waals surface area (Å²) in [6, 6.07) is 8.19. The molecule has 0 aliphatic rings. The zero-order valence-corrected chi connectivity index (χ0v) is 12.5. The standard InChI is InChI=1S/C15H18BrNO/c1-3-4-5-6-14-11(2)17-18-15(14)12-7-9-13(16)10-8-12/h7-10H,3-6H2,1-2H3. The normalized spacial score (nSPS) is 10.8. The zero-order chi connectivity index (χ0) is 13.0. The van der Waals surface area contributed by atoms with Gasteiger partial charge in [0.05, 0.1) is 5.69 Å². The average molecular weight is 308 g/mol. The molecule has 0 fully saturated rings. The second-order valence-corrected chi connectivity index (χ2v) is 5.46. The second-order valence-electron chi connectivity index (χ2n) is 4.54.